The van der Waals surface area contributed by atoms with Gasteiger partial charge in [-0.3, -0.25) is 5.32 Å². The maximum atomic E-state index is 12.6. The lowest BCUT2D eigenvalue weighted by molar-refractivity contribution is 0.0596. The van der Waals surface area contributed by atoms with Gasteiger partial charge in [-0.1, -0.05) is 12.1 Å². The molecule has 3 rings (SSSR count). The van der Waals surface area contributed by atoms with Crippen molar-refractivity contribution in [3.63, 3.8) is 0 Å². The molecule has 11 nitrogen and oxygen atoms in total. The van der Waals surface area contributed by atoms with Gasteiger partial charge in [-0.25, -0.2) is 27.7 Å². The fourth-order valence-corrected chi connectivity index (χ4v) is 3.73. The molecule has 2 amide bonds. The second-order valence-corrected chi connectivity index (χ2v) is 7.84. The molecule has 12 heteroatoms. The molecule has 0 spiro atoms. The topological polar surface area (TPSA) is 143 Å². The third-order valence-corrected chi connectivity index (χ3v) is 5.30. The van der Waals surface area contributed by atoms with Crippen LogP contribution in [0.2, 0.25) is 0 Å². The zero-order valence-electron chi connectivity index (χ0n) is 16.3. The monoisotopic (exact) mass is 430 g/mol. The zero-order valence-corrected chi connectivity index (χ0v) is 17.1. The molecule has 3 aromatic rings. The van der Waals surface area contributed by atoms with Gasteiger partial charge in [-0.15, -0.1) is 0 Å². The number of rotatable bonds is 5. The molecule has 0 bridgehead atoms. The Morgan fingerprint density at radius 1 is 1.07 bits per heavy atom. The first-order valence-corrected chi connectivity index (χ1v) is 10.0. The van der Waals surface area contributed by atoms with E-state index in [4.69, 9.17) is 0 Å². The summed E-state index contributed by atoms with van der Waals surface area (Å²) in [7, 11) is 0.259. The Kier molecular flexibility index (Phi) is 5.78. The minimum atomic E-state index is -4.38. The first-order valence-electron chi connectivity index (χ1n) is 8.54. The van der Waals surface area contributed by atoms with Crippen LogP contribution in [0.3, 0.4) is 0 Å². The number of ether oxygens (including phenoxy) is 1. The largest absolute Gasteiger partial charge is 0.465 e. The molecular weight excluding hydrogens is 412 g/mol. The van der Waals surface area contributed by atoms with E-state index in [9.17, 15) is 18.0 Å². The summed E-state index contributed by atoms with van der Waals surface area (Å²) in [6, 6.07) is 7.75. The van der Waals surface area contributed by atoms with Gasteiger partial charge in [0.05, 0.1) is 18.1 Å². The fourth-order valence-electron chi connectivity index (χ4n) is 2.63. The molecule has 0 atom stereocenters. The Hall–Kier alpha value is -3.80. The second kappa shape index (κ2) is 8.29. The maximum absolute atomic E-state index is 12.6. The average Bonchev–Trinajstić information content (AvgIpc) is 2.72. The molecule has 0 saturated carbocycles. The van der Waals surface area contributed by atoms with Crippen LogP contribution in [0, 0.1) is 0 Å². The van der Waals surface area contributed by atoms with Crippen molar-refractivity contribution in [3.8, 4) is 0 Å². The molecule has 0 aliphatic heterocycles. The molecule has 1 aromatic carbocycles. The van der Waals surface area contributed by atoms with Crippen LogP contribution in [-0.2, 0) is 14.8 Å². The number of carbonyl (C=O) groups is 2. The van der Waals surface area contributed by atoms with E-state index >= 15 is 0 Å². The van der Waals surface area contributed by atoms with E-state index in [1.807, 2.05) is 4.72 Å². The Morgan fingerprint density at radius 2 is 1.80 bits per heavy atom. The van der Waals surface area contributed by atoms with E-state index in [0.29, 0.717) is 16.9 Å². The molecule has 2 heterocycles. The van der Waals surface area contributed by atoms with Gasteiger partial charge >= 0.3 is 12.0 Å². The number of aromatic nitrogens is 3. The summed E-state index contributed by atoms with van der Waals surface area (Å²) in [6.07, 6.45) is 1.53. The van der Waals surface area contributed by atoms with Crippen molar-refractivity contribution in [3.05, 3.63) is 48.2 Å². The smallest absolute Gasteiger partial charge is 0.339 e. The van der Waals surface area contributed by atoms with E-state index in [0.717, 1.165) is 7.11 Å². The number of benzene rings is 1. The lowest BCUT2D eigenvalue weighted by Gasteiger charge is -2.15. The highest BCUT2D eigenvalue weighted by Crippen LogP contribution is 2.22. The number of pyridine rings is 1. The van der Waals surface area contributed by atoms with Gasteiger partial charge in [-0.2, -0.15) is 9.97 Å². The summed E-state index contributed by atoms with van der Waals surface area (Å²) in [6.45, 7) is 0. The van der Waals surface area contributed by atoms with E-state index in [2.05, 4.69) is 25.0 Å². The van der Waals surface area contributed by atoms with Crippen molar-refractivity contribution >= 4 is 44.8 Å². The van der Waals surface area contributed by atoms with Crippen LogP contribution in [0.25, 0.3) is 11.0 Å². The number of amides is 2. The van der Waals surface area contributed by atoms with E-state index in [-0.39, 0.29) is 11.5 Å². The van der Waals surface area contributed by atoms with Gasteiger partial charge in [0.1, 0.15) is 10.7 Å². The first kappa shape index (κ1) is 20.9. The molecule has 2 N–H and O–H groups in total. The Morgan fingerprint density at radius 3 is 2.50 bits per heavy atom. The summed E-state index contributed by atoms with van der Waals surface area (Å²) in [5.41, 5.74) is 0.117. The predicted molar refractivity (Wildman–Crippen MR) is 109 cm³/mol. The summed E-state index contributed by atoms with van der Waals surface area (Å²) in [5, 5.41) is 2.94. The standard InChI is InChI=1S/C18H18N6O5S/c1-24(2)15-12-8-6-10-19-14(12)20-17(21-15)22-18(26)23-30(27,28)13-9-5-4-7-11(13)16(25)29-3/h4-10H,1-3H3,(H2,19,20,21,22,23,26). The van der Waals surface area contributed by atoms with Crippen molar-refractivity contribution in [2.24, 2.45) is 0 Å². The molecule has 0 saturated heterocycles. The highest BCUT2D eigenvalue weighted by atomic mass is 32.2. The normalized spacial score (nSPS) is 11.0. The van der Waals surface area contributed by atoms with Crippen LogP contribution in [0.1, 0.15) is 10.4 Å². The summed E-state index contributed by atoms with van der Waals surface area (Å²) >= 11 is 0. The van der Waals surface area contributed by atoms with E-state index in [1.54, 1.807) is 31.1 Å². The molecule has 0 unspecified atom stereocenters. The Bertz CT molecular complexity index is 1230. The van der Waals surface area contributed by atoms with Crippen molar-refractivity contribution in [1.82, 2.24) is 19.7 Å². The number of anilines is 2. The number of hydrogen-bond acceptors (Lipinski definition) is 9. The lowest BCUT2D eigenvalue weighted by Crippen LogP contribution is -2.35. The number of nitrogens with one attached hydrogen (secondary N) is 2. The number of fused-ring (bicyclic) bond motifs is 1. The Labute approximate surface area is 172 Å². The third kappa shape index (κ3) is 4.27. The second-order valence-electron chi connectivity index (χ2n) is 6.19. The summed E-state index contributed by atoms with van der Waals surface area (Å²) in [5.74, 6) is -0.503. The minimum Gasteiger partial charge on any atom is -0.465 e. The molecule has 156 valence electrons. The summed E-state index contributed by atoms with van der Waals surface area (Å²) in [4.78, 5) is 38.0. The number of nitrogens with zero attached hydrogens (tertiary/aromatic N) is 4. The molecule has 2 aromatic heterocycles. The van der Waals surface area contributed by atoms with Crippen LogP contribution < -0.4 is 14.9 Å². The molecule has 0 aliphatic carbocycles. The minimum absolute atomic E-state index is 0.140. The number of urea groups is 1. The maximum Gasteiger partial charge on any atom is 0.339 e. The van der Waals surface area contributed by atoms with E-state index < -0.39 is 26.9 Å². The first-order chi connectivity index (χ1) is 14.2. The predicted octanol–water partition coefficient (Wildman–Crippen LogP) is 1.39. The number of hydrogen-bond donors (Lipinski definition) is 2. The van der Waals surface area contributed by atoms with Crippen molar-refractivity contribution < 1.29 is 22.7 Å². The van der Waals surface area contributed by atoms with Crippen LogP contribution in [-0.4, -0.2) is 56.6 Å². The molecular formula is C18H18N6O5S. The Balaban J connectivity index is 1.88. The van der Waals surface area contributed by atoms with E-state index in [1.165, 1.54) is 30.5 Å². The van der Waals surface area contributed by atoms with Gasteiger partial charge in [-0.05, 0) is 24.3 Å². The van der Waals surface area contributed by atoms with Crippen LogP contribution in [0.5, 0.6) is 0 Å². The SMILES string of the molecule is COC(=O)c1ccccc1S(=O)(=O)NC(=O)Nc1nc(N(C)C)c2cccnc2n1. The van der Waals surface area contributed by atoms with Gasteiger partial charge in [0, 0.05) is 20.3 Å². The van der Waals surface area contributed by atoms with Crippen molar-refractivity contribution in [1.29, 1.82) is 0 Å². The van der Waals surface area contributed by atoms with Gasteiger partial charge in [0.2, 0.25) is 5.95 Å². The highest BCUT2D eigenvalue weighted by Gasteiger charge is 2.25. The third-order valence-electron chi connectivity index (χ3n) is 3.91. The fraction of sp³-hybridized carbons (Fsp3) is 0.167. The van der Waals surface area contributed by atoms with Gasteiger partial charge in [0.15, 0.2) is 5.65 Å². The molecule has 0 aliphatic rings. The van der Waals surface area contributed by atoms with Gasteiger partial charge < -0.3 is 9.64 Å². The lowest BCUT2D eigenvalue weighted by atomic mass is 10.2. The van der Waals surface area contributed by atoms with Crippen LogP contribution in [0.15, 0.2) is 47.5 Å². The zero-order chi connectivity index (χ0) is 21.9. The number of methoxy groups -OCH3 is 1. The number of esters is 1. The van der Waals surface area contributed by atoms with Gasteiger partial charge in [0.25, 0.3) is 10.0 Å². The quantitative estimate of drug-likeness (QED) is 0.574. The van der Waals surface area contributed by atoms with Crippen LogP contribution >= 0.6 is 0 Å². The molecule has 0 fully saturated rings. The highest BCUT2D eigenvalue weighted by molar-refractivity contribution is 7.90. The van der Waals surface area contributed by atoms with Crippen LogP contribution in [0.4, 0.5) is 16.6 Å². The van der Waals surface area contributed by atoms with Crippen molar-refractivity contribution in [2.45, 2.75) is 4.90 Å². The number of carbonyl (C=O) groups excluding carboxylic acids is 2. The van der Waals surface area contributed by atoms with Crippen molar-refractivity contribution in [2.75, 3.05) is 31.4 Å². The summed E-state index contributed by atoms with van der Waals surface area (Å²) < 4.78 is 31.7. The molecule has 0 radical (unpaired) electrons. The molecule has 30 heavy (non-hydrogen) atoms. The number of sulfonamides is 1. The average molecular weight is 430 g/mol.